The van der Waals surface area contributed by atoms with Gasteiger partial charge in [0, 0.05) is 23.3 Å². The lowest BCUT2D eigenvalue weighted by atomic mass is 10.1. The molecule has 0 aliphatic carbocycles. The average Bonchev–Trinajstić information content (AvgIpc) is 2.98. The van der Waals surface area contributed by atoms with Crippen molar-refractivity contribution in [2.45, 2.75) is 38.8 Å². The normalized spacial score (nSPS) is 13.0. The van der Waals surface area contributed by atoms with Crippen LogP contribution >= 0.6 is 34.5 Å². The van der Waals surface area contributed by atoms with Crippen molar-refractivity contribution in [2.75, 3.05) is 5.32 Å². The topological polar surface area (TPSA) is 77.0 Å². The smallest absolute Gasteiger partial charge is 0.329 e. The maximum atomic E-state index is 12.3. The van der Waals surface area contributed by atoms with Crippen LogP contribution in [0.5, 0.6) is 0 Å². The highest BCUT2D eigenvalue weighted by molar-refractivity contribution is 7.14. The van der Waals surface area contributed by atoms with E-state index >= 15 is 0 Å². The molecular formula is C12H15ClN4O2S2. The van der Waals surface area contributed by atoms with Crippen LogP contribution in [0.2, 0.25) is 4.47 Å². The minimum Gasteiger partial charge on any atom is -0.458 e. The highest BCUT2D eigenvalue weighted by atomic mass is 35.5. The Balaban J connectivity index is 2.11. The number of thiazole rings is 1. The number of hydrogen-bond donors (Lipinski definition) is 1. The molecule has 6 nitrogen and oxygen atoms in total. The van der Waals surface area contributed by atoms with Gasteiger partial charge in [0.1, 0.15) is 18.0 Å². The maximum Gasteiger partial charge on any atom is 0.329 e. The number of carbonyl (C=O) groups is 1. The number of hydrogen-bond acceptors (Lipinski definition) is 8. The molecule has 2 aromatic rings. The van der Waals surface area contributed by atoms with Crippen molar-refractivity contribution in [2.24, 2.45) is 0 Å². The third-order valence-corrected chi connectivity index (χ3v) is 3.91. The molecule has 9 heteroatoms. The molecule has 0 bridgehead atoms. The number of ether oxygens (including phenoxy) is 1. The van der Waals surface area contributed by atoms with Gasteiger partial charge in [-0.3, -0.25) is 0 Å². The Labute approximate surface area is 135 Å². The lowest BCUT2D eigenvalue weighted by molar-refractivity contribution is -0.155. The first kappa shape index (κ1) is 16.1. The summed E-state index contributed by atoms with van der Waals surface area (Å²) in [4.78, 5) is 20.5. The summed E-state index contributed by atoms with van der Waals surface area (Å²) in [5.74, 6) is -0.359. The van der Waals surface area contributed by atoms with Crippen LogP contribution in [-0.4, -0.2) is 32.0 Å². The van der Waals surface area contributed by atoms with Gasteiger partial charge in [0.2, 0.25) is 5.13 Å². The Bertz CT molecular complexity index is 595. The number of esters is 1. The lowest BCUT2D eigenvalue weighted by Gasteiger charge is -2.24. The average molecular weight is 347 g/mol. The third-order valence-electron chi connectivity index (χ3n) is 2.29. The molecule has 0 spiro atoms. The molecule has 2 rings (SSSR count). The highest BCUT2D eigenvalue weighted by Gasteiger charge is 2.27. The zero-order valence-electron chi connectivity index (χ0n) is 11.8. The summed E-state index contributed by atoms with van der Waals surface area (Å²) in [6, 6.07) is -0.588. The zero-order chi connectivity index (χ0) is 15.5. The molecule has 0 fully saturated rings. The molecule has 2 heterocycles. The summed E-state index contributed by atoms with van der Waals surface area (Å²) in [5, 5.41) is 5.41. The second-order valence-electron chi connectivity index (χ2n) is 5.27. The fraction of sp³-hybridized carbons (Fsp3) is 0.500. The lowest BCUT2D eigenvalue weighted by Crippen LogP contribution is -2.38. The van der Waals surface area contributed by atoms with Crippen LogP contribution in [0, 0.1) is 0 Å². The Morgan fingerprint density at radius 3 is 2.81 bits per heavy atom. The molecular weight excluding hydrogens is 332 g/mol. The second kappa shape index (κ2) is 6.67. The number of nitrogens with zero attached hydrogens (tertiary/aromatic N) is 3. The zero-order valence-corrected chi connectivity index (χ0v) is 14.2. The fourth-order valence-electron chi connectivity index (χ4n) is 1.54. The predicted octanol–water partition coefficient (Wildman–Crippen LogP) is 3.01. The van der Waals surface area contributed by atoms with Crippen LogP contribution in [0.4, 0.5) is 5.13 Å². The van der Waals surface area contributed by atoms with E-state index in [2.05, 4.69) is 19.7 Å². The largest absolute Gasteiger partial charge is 0.458 e. The third kappa shape index (κ3) is 5.22. The number of rotatable bonds is 5. The van der Waals surface area contributed by atoms with Gasteiger partial charge in [-0.15, -0.1) is 11.3 Å². The number of halogens is 1. The molecule has 0 aromatic carbocycles. The van der Waals surface area contributed by atoms with E-state index in [1.54, 1.807) is 0 Å². The Kier molecular flexibility index (Phi) is 5.13. The van der Waals surface area contributed by atoms with E-state index in [4.69, 9.17) is 16.3 Å². The van der Waals surface area contributed by atoms with Crippen LogP contribution in [0.15, 0.2) is 11.7 Å². The molecule has 0 saturated heterocycles. The van der Waals surface area contributed by atoms with Gasteiger partial charge in [0.25, 0.3) is 0 Å². The summed E-state index contributed by atoms with van der Waals surface area (Å²) < 4.78 is 9.77. The standard InChI is InChI=1S/C12H15ClN4O2S2/c1-12(2,3)19-9(18)8(17-11-14-6-15-21-11)4-7-5-20-10(13)16-7/h5-6,8H,4H2,1-3H3,(H,14,15,17). The quantitative estimate of drug-likeness (QED) is 0.838. The minimum absolute atomic E-state index is 0.359. The summed E-state index contributed by atoms with van der Waals surface area (Å²) in [7, 11) is 0. The molecule has 0 aliphatic rings. The molecule has 1 N–H and O–H groups in total. The second-order valence-corrected chi connectivity index (χ2v) is 7.49. The molecule has 0 aliphatic heterocycles. The molecule has 21 heavy (non-hydrogen) atoms. The van der Waals surface area contributed by atoms with Crippen molar-refractivity contribution in [1.82, 2.24) is 14.3 Å². The van der Waals surface area contributed by atoms with Crippen LogP contribution in [0.25, 0.3) is 0 Å². The van der Waals surface area contributed by atoms with E-state index in [1.807, 2.05) is 26.2 Å². The van der Waals surface area contributed by atoms with E-state index in [0.29, 0.717) is 16.0 Å². The number of anilines is 1. The van der Waals surface area contributed by atoms with Gasteiger partial charge in [-0.05, 0) is 20.8 Å². The molecule has 0 amide bonds. The van der Waals surface area contributed by atoms with E-state index in [9.17, 15) is 4.79 Å². The Morgan fingerprint density at radius 1 is 1.52 bits per heavy atom. The van der Waals surface area contributed by atoms with Gasteiger partial charge >= 0.3 is 5.97 Å². The van der Waals surface area contributed by atoms with E-state index in [1.165, 1.54) is 29.2 Å². The maximum absolute atomic E-state index is 12.3. The van der Waals surface area contributed by atoms with Crippen LogP contribution < -0.4 is 5.32 Å². The van der Waals surface area contributed by atoms with Crippen molar-refractivity contribution < 1.29 is 9.53 Å². The van der Waals surface area contributed by atoms with Crippen molar-refractivity contribution in [3.63, 3.8) is 0 Å². The van der Waals surface area contributed by atoms with Gasteiger partial charge in [0.15, 0.2) is 4.47 Å². The van der Waals surface area contributed by atoms with Gasteiger partial charge in [0.05, 0.1) is 5.69 Å². The molecule has 114 valence electrons. The predicted molar refractivity (Wildman–Crippen MR) is 84.0 cm³/mol. The number of nitrogens with one attached hydrogen (secondary N) is 1. The fourth-order valence-corrected chi connectivity index (χ4v) is 2.81. The molecule has 1 atom stereocenters. The SMILES string of the molecule is CC(C)(C)OC(=O)C(Cc1csc(Cl)n1)Nc1ncns1. The summed E-state index contributed by atoms with van der Waals surface area (Å²) >= 11 is 8.33. The summed E-state index contributed by atoms with van der Waals surface area (Å²) in [6.45, 7) is 5.48. The van der Waals surface area contributed by atoms with E-state index < -0.39 is 11.6 Å². The van der Waals surface area contributed by atoms with E-state index in [0.717, 1.165) is 5.69 Å². The summed E-state index contributed by atoms with van der Waals surface area (Å²) in [5.41, 5.74) is 0.176. The number of aromatic nitrogens is 3. The minimum atomic E-state index is -0.588. The van der Waals surface area contributed by atoms with Gasteiger partial charge in [-0.2, -0.15) is 4.37 Å². The first-order valence-corrected chi connectivity index (χ1v) is 8.22. The van der Waals surface area contributed by atoms with Crippen LogP contribution in [0.1, 0.15) is 26.5 Å². The highest BCUT2D eigenvalue weighted by Crippen LogP contribution is 2.19. The molecule has 2 aromatic heterocycles. The molecule has 0 radical (unpaired) electrons. The van der Waals surface area contributed by atoms with Gasteiger partial charge in [-0.25, -0.2) is 14.8 Å². The summed E-state index contributed by atoms with van der Waals surface area (Å²) in [6.07, 6.45) is 1.80. The monoisotopic (exact) mass is 346 g/mol. The molecule has 0 saturated carbocycles. The first-order valence-electron chi connectivity index (χ1n) is 6.19. The van der Waals surface area contributed by atoms with Gasteiger partial charge in [-0.1, -0.05) is 11.6 Å². The van der Waals surface area contributed by atoms with Crippen molar-refractivity contribution >= 4 is 45.6 Å². The molecule has 1 unspecified atom stereocenters. The Hall–Kier alpha value is -1.25. The van der Waals surface area contributed by atoms with Gasteiger partial charge < -0.3 is 10.1 Å². The van der Waals surface area contributed by atoms with Crippen molar-refractivity contribution in [3.05, 3.63) is 21.9 Å². The van der Waals surface area contributed by atoms with Crippen molar-refractivity contribution in [3.8, 4) is 0 Å². The van der Waals surface area contributed by atoms with Crippen LogP contribution in [0.3, 0.4) is 0 Å². The van der Waals surface area contributed by atoms with E-state index in [-0.39, 0.29) is 5.97 Å². The Morgan fingerprint density at radius 2 is 2.29 bits per heavy atom. The van der Waals surface area contributed by atoms with Crippen LogP contribution in [-0.2, 0) is 16.0 Å². The van der Waals surface area contributed by atoms with Crippen molar-refractivity contribution in [1.29, 1.82) is 0 Å². The first-order chi connectivity index (χ1) is 9.83. The number of carbonyl (C=O) groups excluding carboxylic acids is 1.